The predicted molar refractivity (Wildman–Crippen MR) is 35.4 cm³/mol. The van der Waals surface area contributed by atoms with E-state index in [1.54, 1.807) is 0 Å². The highest BCUT2D eigenvalue weighted by Gasteiger charge is 1.90. The summed E-state index contributed by atoms with van der Waals surface area (Å²) in [4.78, 5) is 4.35. The second-order valence-electron chi connectivity index (χ2n) is 1.57. The van der Waals surface area contributed by atoms with Crippen LogP contribution < -0.4 is 5.90 Å². The summed E-state index contributed by atoms with van der Waals surface area (Å²) in [5.74, 6) is 5.28. The fourth-order valence-electron chi connectivity index (χ4n) is 0.405. The van der Waals surface area contributed by atoms with Gasteiger partial charge < -0.3 is 9.94 Å². The van der Waals surface area contributed by atoms with Crippen LogP contribution in [0.1, 0.15) is 13.3 Å². The minimum Gasteiger partial charge on any atom is -0.508 e. The first-order valence-electron chi connectivity index (χ1n) is 2.65. The minimum absolute atomic E-state index is 0.0442. The van der Waals surface area contributed by atoms with Crippen LogP contribution in [0, 0.1) is 0 Å². The molecule has 9 heavy (non-hydrogen) atoms. The maximum Gasteiger partial charge on any atom is 0.127 e. The SMILES string of the molecule is C=C(O)/C=C(/CC)ON. The van der Waals surface area contributed by atoms with Crippen LogP contribution in [0.25, 0.3) is 0 Å². The van der Waals surface area contributed by atoms with Crippen LogP contribution in [0.15, 0.2) is 24.2 Å². The molecule has 3 nitrogen and oxygen atoms in total. The van der Waals surface area contributed by atoms with Gasteiger partial charge in [0, 0.05) is 12.5 Å². The molecule has 0 rings (SSSR count). The number of allylic oxidation sites excluding steroid dienone is 2. The normalized spacial score (nSPS) is 11.1. The van der Waals surface area contributed by atoms with Gasteiger partial charge in [0.15, 0.2) is 0 Å². The summed E-state index contributed by atoms with van der Waals surface area (Å²) in [6, 6.07) is 0. The van der Waals surface area contributed by atoms with Crippen LogP contribution in [0.5, 0.6) is 0 Å². The van der Waals surface area contributed by atoms with E-state index in [1.165, 1.54) is 6.08 Å². The molecule has 3 heteroatoms. The van der Waals surface area contributed by atoms with Gasteiger partial charge in [-0.15, -0.1) is 0 Å². The summed E-state index contributed by atoms with van der Waals surface area (Å²) >= 11 is 0. The molecular weight excluding hydrogens is 118 g/mol. The van der Waals surface area contributed by atoms with Gasteiger partial charge in [-0.3, -0.25) is 0 Å². The van der Waals surface area contributed by atoms with Gasteiger partial charge in [0.25, 0.3) is 0 Å². The average Bonchev–Trinajstić information content (AvgIpc) is 1.82. The quantitative estimate of drug-likeness (QED) is 0.342. The van der Waals surface area contributed by atoms with E-state index in [1.807, 2.05) is 6.92 Å². The summed E-state index contributed by atoms with van der Waals surface area (Å²) in [6.07, 6.45) is 2.02. The first kappa shape index (κ1) is 8.04. The van der Waals surface area contributed by atoms with E-state index >= 15 is 0 Å². The van der Waals surface area contributed by atoms with Gasteiger partial charge in [0.2, 0.25) is 0 Å². The Hall–Kier alpha value is -0.960. The van der Waals surface area contributed by atoms with Crippen LogP contribution in [-0.2, 0) is 4.84 Å². The Bertz CT molecular complexity index is 123. The van der Waals surface area contributed by atoms with Gasteiger partial charge in [0.1, 0.15) is 11.5 Å². The van der Waals surface area contributed by atoms with E-state index in [0.717, 1.165) is 0 Å². The Morgan fingerprint density at radius 3 is 2.56 bits per heavy atom. The Balaban J connectivity index is 3.91. The van der Waals surface area contributed by atoms with Crippen molar-refractivity contribution in [1.82, 2.24) is 0 Å². The third-order valence-corrected chi connectivity index (χ3v) is 0.827. The third kappa shape index (κ3) is 3.61. The van der Waals surface area contributed by atoms with Crippen LogP contribution in [0.2, 0.25) is 0 Å². The van der Waals surface area contributed by atoms with E-state index in [-0.39, 0.29) is 5.76 Å². The third-order valence-electron chi connectivity index (χ3n) is 0.827. The summed E-state index contributed by atoms with van der Waals surface area (Å²) < 4.78 is 0. The van der Waals surface area contributed by atoms with E-state index in [2.05, 4.69) is 11.4 Å². The molecule has 0 saturated heterocycles. The van der Waals surface area contributed by atoms with Gasteiger partial charge in [-0.1, -0.05) is 13.5 Å². The fourth-order valence-corrected chi connectivity index (χ4v) is 0.405. The molecule has 0 aromatic rings. The maximum atomic E-state index is 8.58. The van der Waals surface area contributed by atoms with E-state index in [9.17, 15) is 0 Å². The molecule has 0 aliphatic heterocycles. The Labute approximate surface area is 54.4 Å². The second kappa shape index (κ2) is 3.97. The van der Waals surface area contributed by atoms with Crippen LogP contribution >= 0.6 is 0 Å². The molecule has 0 radical (unpaired) electrons. The lowest BCUT2D eigenvalue weighted by Gasteiger charge is -1.98. The van der Waals surface area contributed by atoms with E-state index < -0.39 is 0 Å². The fraction of sp³-hybridized carbons (Fsp3) is 0.333. The van der Waals surface area contributed by atoms with Crippen LogP contribution in [-0.4, -0.2) is 5.11 Å². The molecular formula is C6H11NO2. The van der Waals surface area contributed by atoms with Gasteiger partial charge in [0.05, 0.1) is 0 Å². The lowest BCUT2D eigenvalue weighted by Crippen LogP contribution is -1.98. The van der Waals surface area contributed by atoms with Gasteiger partial charge >= 0.3 is 0 Å². The number of nitrogens with two attached hydrogens (primary N) is 1. The zero-order valence-electron chi connectivity index (χ0n) is 5.42. The Morgan fingerprint density at radius 1 is 1.89 bits per heavy atom. The van der Waals surface area contributed by atoms with Crippen LogP contribution in [0.3, 0.4) is 0 Å². The molecule has 3 N–H and O–H groups in total. The lowest BCUT2D eigenvalue weighted by atomic mass is 10.3. The van der Waals surface area contributed by atoms with Crippen molar-refractivity contribution in [2.24, 2.45) is 5.90 Å². The number of aliphatic hydroxyl groups is 1. The highest BCUT2D eigenvalue weighted by Crippen LogP contribution is 2.01. The summed E-state index contributed by atoms with van der Waals surface area (Å²) in [6.45, 7) is 5.10. The Kier molecular flexibility index (Phi) is 3.55. The van der Waals surface area contributed by atoms with Gasteiger partial charge in [-0.25, -0.2) is 0 Å². The zero-order valence-corrected chi connectivity index (χ0v) is 5.42. The van der Waals surface area contributed by atoms with Crippen molar-refractivity contribution >= 4 is 0 Å². The number of hydrogen-bond donors (Lipinski definition) is 2. The summed E-state index contributed by atoms with van der Waals surface area (Å²) in [7, 11) is 0. The largest absolute Gasteiger partial charge is 0.508 e. The molecule has 0 unspecified atom stereocenters. The first-order valence-corrected chi connectivity index (χ1v) is 2.65. The molecule has 0 bridgehead atoms. The first-order chi connectivity index (χ1) is 4.20. The van der Waals surface area contributed by atoms with Crippen molar-refractivity contribution in [2.75, 3.05) is 0 Å². The molecule has 0 amide bonds. The van der Waals surface area contributed by atoms with Crippen molar-refractivity contribution in [3.05, 3.63) is 24.2 Å². The zero-order chi connectivity index (χ0) is 7.28. The van der Waals surface area contributed by atoms with Gasteiger partial charge in [-0.2, -0.15) is 5.90 Å². The highest BCUT2D eigenvalue weighted by molar-refractivity contribution is 5.09. The molecule has 0 spiro atoms. The van der Waals surface area contributed by atoms with Gasteiger partial charge in [-0.05, 0) is 0 Å². The van der Waals surface area contributed by atoms with E-state index in [4.69, 9.17) is 11.0 Å². The second-order valence-corrected chi connectivity index (χ2v) is 1.57. The molecule has 52 valence electrons. The molecule has 0 heterocycles. The topological polar surface area (TPSA) is 55.5 Å². The molecule has 0 aliphatic rings. The monoisotopic (exact) mass is 129 g/mol. The maximum absolute atomic E-state index is 8.58. The van der Waals surface area contributed by atoms with Crippen molar-refractivity contribution < 1.29 is 9.94 Å². The molecule has 0 atom stereocenters. The van der Waals surface area contributed by atoms with Crippen molar-refractivity contribution in [1.29, 1.82) is 0 Å². The average molecular weight is 129 g/mol. The molecule has 0 saturated carbocycles. The smallest absolute Gasteiger partial charge is 0.127 e. The van der Waals surface area contributed by atoms with Crippen molar-refractivity contribution in [3.63, 3.8) is 0 Å². The molecule has 0 aromatic carbocycles. The minimum atomic E-state index is -0.0442. The molecule has 0 aliphatic carbocycles. The molecule has 0 fully saturated rings. The van der Waals surface area contributed by atoms with E-state index in [0.29, 0.717) is 12.2 Å². The van der Waals surface area contributed by atoms with Crippen LogP contribution in [0.4, 0.5) is 0 Å². The van der Waals surface area contributed by atoms with Crippen molar-refractivity contribution in [3.8, 4) is 0 Å². The summed E-state index contributed by atoms with van der Waals surface area (Å²) in [5.41, 5.74) is 0. The number of aliphatic hydroxyl groups excluding tert-OH is 1. The summed E-state index contributed by atoms with van der Waals surface area (Å²) in [5, 5.41) is 8.58. The Morgan fingerprint density at radius 2 is 2.44 bits per heavy atom. The molecule has 0 aromatic heterocycles. The predicted octanol–water partition coefficient (Wildman–Crippen LogP) is 1.24. The number of hydrogen-bond acceptors (Lipinski definition) is 3. The lowest BCUT2D eigenvalue weighted by molar-refractivity contribution is 0.210. The highest BCUT2D eigenvalue weighted by atomic mass is 16.6. The van der Waals surface area contributed by atoms with Crippen molar-refractivity contribution in [2.45, 2.75) is 13.3 Å². The number of rotatable bonds is 3. The standard InChI is InChI=1S/C6H11NO2/c1-3-6(9-7)4-5(2)8/h4,8H,2-3,7H2,1H3/b6-4-.